The number of piperazine rings is 1. The SMILES string of the molecule is C[C@@H]1CN(C(=O)C=Cc2ccc(C=CC(=O)NO)cc2)C[C@H](C)N1C. The first-order valence-electron chi connectivity index (χ1n) is 8.32. The van der Waals surface area contributed by atoms with Crippen LogP contribution < -0.4 is 5.48 Å². The zero-order valence-corrected chi connectivity index (χ0v) is 14.8. The van der Waals surface area contributed by atoms with Crippen molar-refractivity contribution in [3.05, 3.63) is 47.5 Å². The smallest absolute Gasteiger partial charge is 0.267 e. The molecule has 1 heterocycles. The molecule has 1 fully saturated rings. The zero-order chi connectivity index (χ0) is 18.4. The molecule has 0 saturated carbocycles. The second-order valence-electron chi connectivity index (χ2n) is 6.42. The summed E-state index contributed by atoms with van der Waals surface area (Å²) in [5, 5.41) is 8.44. The van der Waals surface area contributed by atoms with Crippen molar-refractivity contribution in [3.63, 3.8) is 0 Å². The monoisotopic (exact) mass is 343 g/mol. The van der Waals surface area contributed by atoms with E-state index in [4.69, 9.17) is 5.21 Å². The van der Waals surface area contributed by atoms with Crippen molar-refractivity contribution in [3.8, 4) is 0 Å². The van der Waals surface area contributed by atoms with Gasteiger partial charge < -0.3 is 4.90 Å². The lowest BCUT2D eigenvalue weighted by Gasteiger charge is -2.42. The van der Waals surface area contributed by atoms with Crippen LogP contribution in [0.2, 0.25) is 0 Å². The third kappa shape index (κ3) is 5.27. The molecule has 6 nitrogen and oxygen atoms in total. The summed E-state index contributed by atoms with van der Waals surface area (Å²) in [6, 6.07) is 8.12. The first kappa shape index (κ1) is 18.9. The lowest BCUT2D eigenvalue weighted by molar-refractivity contribution is -0.129. The summed E-state index contributed by atoms with van der Waals surface area (Å²) in [5.41, 5.74) is 3.27. The van der Waals surface area contributed by atoms with Gasteiger partial charge in [-0.3, -0.25) is 19.7 Å². The number of rotatable bonds is 4. The number of nitrogens with zero attached hydrogens (tertiary/aromatic N) is 2. The third-order valence-electron chi connectivity index (χ3n) is 4.56. The second kappa shape index (κ2) is 8.60. The quantitative estimate of drug-likeness (QED) is 0.496. The van der Waals surface area contributed by atoms with Gasteiger partial charge >= 0.3 is 0 Å². The molecular formula is C19H25N3O3. The van der Waals surface area contributed by atoms with Crippen molar-refractivity contribution in [2.45, 2.75) is 25.9 Å². The molecule has 1 saturated heterocycles. The number of hydrogen-bond acceptors (Lipinski definition) is 4. The standard InChI is InChI=1S/C19H25N3O3/c1-14-12-22(13-15(2)21(14)3)19(24)11-9-17-6-4-16(5-7-17)8-10-18(23)20-25/h4-11,14-15,25H,12-13H2,1-3H3,(H,20,23)/t14-,15+. The van der Waals surface area contributed by atoms with Crippen LogP contribution in [0, 0.1) is 0 Å². The molecule has 1 aromatic rings. The Balaban J connectivity index is 1.96. The number of carbonyl (C=O) groups excluding carboxylic acids is 2. The van der Waals surface area contributed by atoms with Crippen LogP contribution in [0.25, 0.3) is 12.2 Å². The Morgan fingerprint density at radius 3 is 2.00 bits per heavy atom. The van der Waals surface area contributed by atoms with E-state index in [-0.39, 0.29) is 5.91 Å². The minimum absolute atomic E-state index is 0.0235. The highest BCUT2D eigenvalue weighted by molar-refractivity contribution is 5.92. The number of hydrogen-bond donors (Lipinski definition) is 2. The Kier molecular flexibility index (Phi) is 6.50. The van der Waals surface area contributed by atoms with Crippen LogP contribution in [-0.4, -0.2) is 59.0 Å². The van der Waals surface area contributed by atoms with Crippen LogP contribution >= 0.6 is 0 Å². The summed E-state index contributed by atoms with van der Waals surface area (Å²) in [5.74, 6) is -0.555. The highest BCUT2D eigenvalue weighted by Crippen LogP contribution is 2.14. The van der Waals surface area contributed by atoms with E-state index in [0.29, 0.717) is 12.1 Å². The summed E-state index contributed by atoms with van der Waals surface area (Å²) < 4.78 is 0. The summed E-state index contributed by atoms with van der Waals surface area (Å²) >= 11 is 0. The molecule has 0 unspecified atom stereocenters. The molecule has 134 valence electrons. The fourth-order valence-corrected chi connectivity index (χ4v) is 2.78. The molecule has 6 heteroatoms. The molecule has 2 atom stereocenters. The number of likely N-dealkylation sites (N-methyl/N-ethyl adjacent to an activating group) is 1. The molecule has 0 aliphatic carbocycles. The molecule has 1 aliphatic rings. The Hall–Kier alpha value is -2.44. The maximum absolute atomic E-state index is 12.4. The molecule has 0 bridgehead atoms. The Morgan fingerprint density at radius 2 is 1.52 bits per heavy atom. The van der Waals surface area contributed by atoms with Crippen LogP contribution in [-0.2, 0) is 9.59 Å². The van der Waals surface area contributed by atoms with Gasteiger partial charge in [-0.15, -0.1) is 0 Å². The highest BCUT2D eigenvalue weighted by atomic mass is 16.5. The van der Waals surface area contributed by atoms with E-state index in [9.17, 15) is 9.59 Å². The number of nitrogens with one attached hydrogen (secondary N) is 1. The summed E-state index contributed by atoms with van der Waals surface area (Å²) in [7, 11) is 2.09. The van der Waals surface area contributed by atoms with E-state index >= 15 is 0 Å². The predicted octanol–water partition coefficient (Wildman–Crippen LogP) is 1.77. The molecule has 0 radical (unpaired) electrons. The van der Waals surface area contributed by atoms with Crippen molar-refractivity contribution in [2.24, 2.45) is 0 Å². The number of amides is 2. The Labute approximate surface area is 148 Å². The maximum atomic E-state index is 12.4. The van der Waals surface area contributed by atoms with Crippen LogP contribution in [0.5, 0.6) is 0 Å². The van der Waals surface area contributed by atoms with E-state index in [2.05, 4.69) is 25.8 Å². The van der Waals surface area contributed by atoms with Crippen molar-refractivity contribution < 1.29 is 14.8 Å². The van der Waals surface area contributed by atoms with Gasteiger partial charge in [0, 0.05) is 37.3 Å². The number of carbonyl (C=O) groups is 2. The molecule has 2 rings (SSSR count). The minimum Gasteiger partial charge on any atom is -0.336 e. The molecular weight excluding hydrogens is 318 g/mol. The van der Waals surface area contributed by atoms with E-state index in [1.165, 1.54) is 11.6 Å². The van der Waals surface area contributed by atoms with Gasteiger partial charge in [0.1, 0.15) is 0 Å². The molecule has 1 aliphatic heterocycles. The molecule has 0 spiro atoms. The maximum Gasteiger partial charge on any atom is 0.267 e. The van der Waals surface area contributed by atoms with Crippen LogP contribution in [0.3, 0.4) is 0 Å². The van der Waals surface area contributed by atoms with Gasteiger partial charge in [-0.2, -0.15) is 0 Å². The van der Waals surface area contributed by atoms with Crippen molar-refractivity contribution in [1.82, 2.24) is 15.3 Å². The average molecular weight is 343 g/mol. The fourth-order valence-electron chi connectivity index (χ4n) is 2.78. The van der Waals surface area contributed by atoms with E-state index in [1.54, 1.807) is 18.2 Å². The van der Waals surface area contributed by atoms with Gasteiger partial charge in [-0.1, -0.05) is 24.3 Å². The predicted molar refractivity (Wildman–Crippen MR) is 97.7 cm³/mol. The van der Waals surface area contributed by atoms with Gasteiger partial charge in [0.05, 0.1) is 0 Å². The Bertz CT molecular complexity index is 655. The zero-order valence-electron chi connectivity index (χ0n) is 14.8. The molecule has 25 heavy (non-hydrogen) atoms. The van der Waals surface area contributed by atoms with Gasteiger partial charge in [-0.05, 0) is 44.2 Å². The normalized spacial score (nSPS) is 21.8. The van der Waals surface area contributed by atoms with Crippen LogP contribution in [0.4, 0.5) is 0 Å². The van der Waals surface area contributed by atoms with Gasteiger partial charge in [-0.25, -0.2) is 5.48 Å². The second-order valence-corrected chi connectivity index (χ2v) is 6.42. The van der Waals surface area contributed by atoms with Gasteiger partial charge in [0.2, 0.25) is 5.91 Å². The lowest BCUT2D eigenvalue weighted by atomic mass is 10.1. The van der Waals surface area contributed by atoms with E-state index in [1.807, 2.05) is 29.2 Å². The van der Waals surface area contributed by atoms with Crippen molar-refractivity contribution in [1.29, 1.82) is 0 Å². The topological polar surface area (TPSA) is 72.9 Å². The molecule has 2 amide bonds. The largest absolute Gasteiger partial charge is 0.336 e. The first-order valence-corrected chi connectivity index (χ1v) is 8.32. The van der Waals surface area contributed by atoms with Gasteiger partial charge in [0.15, 0.2) is 0 Å². The Morgan fingerprint density at radius 1 is 1.04 bits per heavy atom. The van der Waals surface area contributed by atoms with E-state index < -0.39 is 5.91 Å². The summed E-state index contributed by atoms with van der Waals surface area (Å²) in [4.78, 5) is 27.5. The van der Waals surface area contributed by atoms with Crippen molar-refractivity contribution in [2.75, 3.05) is 20.1 Å². The van der Waals surface area contributed by atoms with Crippen LogP contribution in [0.1, 0.15) is 25.0 Å². The lowest BCUT2D eigenvalue weighted by Crippen LogP contribution is -2.56. The molecule has 0 aromatic heterocycles. The fraction of sp³-hybridized carbons (Fsp3) is 0.368. The third-order valence-corrected chi connectivity index (χ3v) is 4.56. The molecule has 1 aromatic carbocycles. The summed E-state index contributed by atoms with van der Waals surface area (Å²) in [6.45, 7) is 5.73. The number of hydroxylamine groups is 1. The van der Waals surface area contributed by atoms with Gasteiger partial charge in [0.25, 0.3) is 5.91 Å². The minimum atomic E-state index is -0.579. The van der Waals surface area contributed by atoms with E-state index in [0.717, 1.165) is 24.2 Å². The average Bonchev–Trinajstić information content (AvgIpc) is 2.62. The molecule has 2 N–H and O–H groups in total. The highest BCUT2D eigenvalue weighted by Gasteiger charge is 2.28. The summed E-state index contributed by atoms with van der Waals surface area (Å²) in [6.07, 6.45) is 6.24. The van der Waals surface area contributed by atoms with Crippen LogP contribution in [0.15, 0.2) is 36.4 Å². The number of benzene rings is 1. The first-order chi connectivity index (χ1) is 11.9. The van der Waals surface area contributed by atoms with Crippen molar-refractivity contribution >= 4 is 24.0 Å².